The largest absolute Gasteiger partial charge is 0.395 e. The molecule has 2 aromatic rings. The Morgan fingerprint density at radius 2 is 2.11 bits per heavy atom. The van der Waals surface area contributed by atoms with Gasteiger partial charge in [-0.3, -0.25) is 4.98 Å². The fourth-order valence-corrected chi connectivity index (χ4v) is 2.35. The van der Waals surface area contributed by atoms with Gasteiger partial charge in [0.1, 0.15) is 5.82 Å². The summed E-state index contributed by atoms with van der Waals surface area (Å²) in [6.07, 6.45) is 8.38. The molecule has 1 aliphatic carbocycles. The molecule has 0 saturated heterocycles. The van der Waals surface area contributed by atoms with Crippen LogP contribution in [0.4, 0.5) is 0 Å². The predicted molar refractivity (Wildman–Crippen MR) is 67.9 cm³/mol. The van der Waals surface area contributed by atoms with E-state index < -0.39 is 0 Å². The highest BCUT2D eigenvalue weighted by molar-refractivity contribution is 5.57. The summed E-state index contributed by atoms with van der Waals surface area (Å²) in [4.78, 5) is 13.0. The number of aliphatic hydroxyl groups is 1. The first kappa shape index (κ1) is 11.3. The molecule has 4 nitrogen and oxygen atoms in total. The number of pyridine rings is 1. The van der Waals surface area contributed by atoms with Crippen molar-refractivity contribution in [3.8, 4) is 11.3 Å². The van der Waals surface area contributed by atoms with E-state index in [2.05, 4.69) is 15.0 Å². The van der Waals surface area contributed by atoms with Crippen LogP contribution in [0.1, 0.15) is 25.1 Å². The van der Waals surface area contributed by atoms with Crippen LogP contribution in [0, 0.1) is 0 Å². The van der Waals surface area contributed by atoms with Gasteiger partial charge in [-0.15, -0.1) is 0 Å². The van der Waals surface area contributed by atoms with Gasteiger partial charge in [0.15, 0.2) is 0 Å². The third kappa shape index (κ3) is 1.78. The zero-order chi connectivity index (χ0) is 12.4. The molecule has 2 heterocycles. The van der Waals surface area contributed by atoms with Crippen LogP contribution in [-0.4, -0.2) is 26.7 Å². The van der Waals surface area contributed by atoms with Crippen molar-refractivity contribution in [2.45, 2.75) is 24.7 Å². The van der Waals surface area contributed by atoms with E-state index in [1.165, 1.54) is 0 Å². The average molecular weight is 241 g/mol. The predicted octanol–water partition coefficient (Wildman–Crippen LogP) is 1.95. The first-order valence-corrected chi connectivity index (χ1v) is 6.19. The van der Waals surface area contributed by atoms with Crippen LogP contribution >= 0.6 is 0 Å². The molecule has 1 fully saturated rings. The Labute approximate surface area is 106 Å². The monoisotopic (exact) mass is 241 g/mol. The average Bonchev–Trinajstić information content (AvgIpc) is 2.40. The Morgan fingerprint density at radius 3 is 2.72 bits per heavy atom. The van der Waals surface area contributed by atoms with Crippen molar-refractivity contribution in [1.82, 2.24) is 15.0 Å². The molecule has 92 valence electrons. The van der Waals surface area contributed by atoms with E-state index in [0.717, 1.165) is 36.3 Å². The Kier molecular flexibility index (Phi) is 2.80. The fourth-order valence-electron chi connectivity index (χ4n) is 2.35. The first-order valence-electron chi connectivity index (χ1n) is 6.19. The maximum Gasteiger partial charge on any atom is 0.137 e. The standard InChI is InChI=1S/C14H15N3O/c18-10-14(5-2-6-14)13-16-8-4-12(17-13)11-3-1-7-15-9-11/h1,3-4,7-9,18H,2,5-6,10H2. The van der Waals surface area contributed by atoms with E-state index in [4.69, 9.17) is 0 Å². The van der Waals surface area contributed by atoms with Gasteiger partial charge >= 0.3 is 0 Å². The first-order chi connectivity index (χ1) is 8.84. The molecule has 1 aliphatic rings. The maximum absolute atomic E-state index is 9.56. The summed E-state index contributed by atoms with van der Waals surface area (Å²) >= 11 is 0. The van der Waals surface area contributed by atoms with E-state index in [-0.39, 0.29) is 12.0 Å². The Balaban J connectivity index is 1.99. The minimum atomic E-state index is -0.210. The van der Waals surface area contributed by atoms with E-state index in [0.29, 0.717) is 0 Å². The minimum Gasteiger partial charge on any atom is -0.395 e. The van der Waals surface area contributed by atoms with Crippen molar-refractivity contribution in [1.29, 1.82) is 0 Å². The van der Waals surface area contributed by atoms with Gasteiger partial charge in [-0.1, -0.05) is 6.42 Å². The maximum atomic E-state index is 9.56. The molecule has 0 aliphatic heterocycles. The van der Waals surface area contributed by atoms with Crippen molar-refractivity contribution in [2.24, 2.45) is 0 Å². The summed E-state index contributed by atoms with van der Waals surface area (Å²) < 4.78 is 0. The number of aliphatic hydroxyl groups excluding tert-OH is 1. The fraction of sp³-hybridized carbons (Fsp3) is 0.357. The molecule has 0 unspecified atom stereocenters. The quantitative estimate of drug-likeness (QED) is 0.892. The van der Waals surface area contributed by atoms with Gasteiger partial charge < -0.3 is 5.11 Å². The molecule has 0 bridgehead atoms. The summed E-state index contributed by atoms with van der Waals surface area (Å²) in [7, 11) is 0. The summed E-state index contributed by atoms with van der Waals surface area (Å²) in [5.74, 6) is 0.762. The van der Waals surface area contributed by atoms with Gasteiger partial charge in [-0.25, -0.2) is 9.97 Å². The van der Waals surface area contributed by atoms with Crippen molar-refractivity contribution in [3.05, 3.63) is 42.6 Å². The van der Waals surface area contributed by atoms with Crippen LogP contribution in [0.25, 0.3) is 11.3 Å². The van der Waals surface area contributed by atoms with E-state index in [1.54, 1.807) is 18.6 Å². The third-order valence-electron chi connectivity index (χ3n) is 3.70. The second-order valence-electron chi connectivity index (χ2n) is 4.80. The van der Waals surface area contributed by atoms with Gasteiger partial charge in [0.05, 0.1) is 17.7 Å². The summed E-state index contributed by atoms with van der Waals surface area (Å²) in [6.45, 7) is 0.128. The highest BCUT2D eigenvalue weighted by atomic mass is 16.3. The van der Waals surface area contributed by atoms with Crippen molar-refractivity contribution in [3.63, 3.8) is 0 Å². The molecule has 2 aromatic heterocycles. The van der Waals surface area contributed by atoms with Crippen molar-refractivity contribution >= 4 is 0 Å². The van der Waals surface area contributed by atoms with Crippen LogP contribution < -0.4 is 0 Å². The molecule has 3 rings (SSSR count). The number of hydrogen-bond acceptors (Lipinski definition) is 4. The molecule has 0 aromatic carbocycles. The summed E-state index contributed by atoms with van der Waals surface area (Å²) in [5.41, 5.74) is 1.64. The lowest BCUT2D eigenvalue weighted by Gasteiger charge is -2.38. The Morgan fingerprint density at radius 1 is 1.22 bits per heavy atom. The second kappa shape index (κ2) is 4.46. The third-order valence-corrected chi connectivity index (χ3v) is 3.70. The molecule has 0 amide bonds. The van der Waals surface area contributed by atoms with Crippen LogP contribution in [0.2, 0.25) is 0 Å². The van der Waals surface area contributed by atoms with E-state index >= 15 is 0 Å². The van der Waals surface area contributed by atoms with Gasteiger partial charge in [0.2, 0.25) is 0 Å². The minimum absolute atomic E-state index is 0.128. The highest BCUT2D eigenvalue weighted by Crippen LogP contribution is 2.41. The molecule has 0 spiro atoms. The molecule has 1 saturated carbocycles. The molecular weight excluding hydrogens is 226 g/mol. The zero-order valence-corrected chi connectivity index (χ0v) is 10.1. The van der Waals surface area contributed by atoms with Gasteiger partial charge in [0, 0.05) is 24.2 Å². The van der Waals surface area contributed by atoms with Crippen LogP contribution in [0.15, 0.2) is 36.8 Å². The van der Waals surface area contributed by atoms with Crippen molar-refractivity contribution in [2.75, 3.05) is 6.61 Å². The number of rotatable bonds is 3. The van der Waals surface area contributed by atoms with Crippen molar-refractivity contribution < 1.29 is 5.11 Å². The molecule has 1 N–H and O–H groups in total. The molecule has 0 atom stereocenters. The van der Waals surface area contributed by atoms with Gasteiger partial charge in [-0.05, 0) is 31.0 Å². The lowest BCUT2D eigenvalue weighted by Crippen LogP contribution is -2.39. The normalized spacial score (nSPS) is 17.2. The Bertz CT molecular complexity index is 532. The lowest BCUT2D eigenvalue weighted by atomic mass is 9.68. The highest BCUT2D eigenvalue weighted by Gasteiger charge is 2.40. The molecule has 0 radical (unpaired) electrons. The molecule has 4 heteroatoms. The topological polar surface area (TPSA) is 58.9 Å². The van der Waals surface area contributed by atoms with Gasteiger partial charge in [-0.2, -0.15) is 0 Å². The van der Waals surface area contributed by atoms with Crippen LogP contribution in [-0.2, 0) is 5.41 Å². The lowest BCUT2D eigenvalue weighted by molar-refractivity contribution is 0.112. The van der Waals surface area contributed by atoms with Gasteiger partial charge in [0.25, 0.3) is 0 Å². The Hall–Kier alpha value is -1.81. The molecule has 18 heavy (non-hydrogen) atoms. The summed E-state index contributed by atoms with van der Waals surface area (Å²) in [5, 5.41) is 9.56. The number of hydrogen-bond donors (Lipinski definition) is 1. The van der Waals surface area contributed by atoms with E-state index in [1.807, 2.05) is 18.2 Å². The molecular formula is C14H15N3O. The zero-order valence-electron chi connectivity index (χ0n) is 10.1. The van der Waals surface area contributed by atoms with Crippen LogP contribution in [0.3, 0.4) is 0 Å². The smallest absolute Gasteiger partial charge is 0.137 e. The van der Waals surface area contributed by atoms with Crippen LogP contribution in [0.5, 0.6) is 0 Å². The number of aromatic nitrogens is 3. The van der Waals surface area contributed by atoms with E-state index in [9.17, 15) is 5.11 Å². The SMILES string of the molecule is OCC1(c2nccc(-c3cccnc3)n2)CCC1. The second-order valence-corrected chi connectivity index (χ2v) is 4.80. The summed E-state index contributed by atoms with van der Waals surface area (Å²) in [6, 6.07) is 5.75. The number of nitrogens with zero attached hydrogens (tertiary/aromatic N) is 3.